The van der Waals surface area contributed by atoms with E-state index < -0.39 is 18.0 Å². The van der Waals surface area contributed by atoms with E-state index in [1.165, 1.54) is 6.92 Å². The van der Waals surface area contributed by atoms with Gasteiger partial charge in [0.1, 0.15) is 5.71 Å². The highest BCUT2D eigenvalue weighted by molar-refractivity contribution is 6.37. The van der Waals surface area contributed by atoms with Gasteiger partial charge in [0.15, 0.2) is 6.10 Å². The second kappa shape index (κ2) is 6.84. The number of rotatable bonds is 4. The van der Waals surface area contributed by atoms with E-state index in [0.29, 0.717) is 5.69 Å². The number of benzene rings is 1. The van der Waals surface area contributed by atoms with E-state index in [1.54, 1.807) is 12.1 Å². The summed E-state index contributed by atoms with van der Waals surface area (Å²) < 4.78 is 5.05. The summed E-state index contributed by atoms with van der Waals surface area (Å²) >= 11 is 0. The summed E-state index contributed by atoms with van der Waals surface area (Å²) in [5, 5.41) is 6.29. The molecular formula is C15H17N3O4. The van der Waals surface area contributed by atoms with Gasteiger partial charge >= 0.3 is 5.97 Å². The summed E-state index contributed by atoms with van der Waals surface area (Å²) in [5.74, 6) is -1.38. The van der Waals surface area contributed by atoms with Crippen LogP contribution in [0.2, 0.25) is 0 Å². The highest BCUT2D eigenvalue weighted by atomic mass is 16.5. The minimum atomic E-state index is -0.964. The van der Waals surface area contributed by atoms with Gasteiger partial charge in [0, 0.05) is 18.5 Å². The second-order valence-corrected chi connectivity index (χ2v) is 5.00. The number of ether oxygens (including phenoxy) is 1. The first-order valence-electron chi connectivity index (χ1n) is 6.89. The fraction of sp³-hybridized carbons (Fsp3) is 0.333. The second-order valence-electron chi connectivity index (χ2n) is 5.00. The number of esters is 1. The molecule has 0 aromatic heterocycles. The van der Waals surface area contributed by atoms with Crippen LogP contribution in [0.5, 0.6) is 0 Å². The quantitative estimate of drug-likeness (QED) is 0.815. The van der Waals surface area contributed by atoms with Crippen LogP contribution in [0.3, 0.4) is 0 Å². The Kier molecular flexibility index (Phi) is 4.88. The molecule has 2 amide bonds. The first-order chi connectivity index (χ1) is 10.5. The third kappa shape index (κ3) is 4.15. The number of nitrogens with one attached hydrogen (secondary N) is 2. The summed E-state index contributed by atoms with van der Waals surface area (Å²) in [6.07, 6.45) is -0.580. The van der Waals surface area contributed by atoms with Crippen molar-refractivity contribution in [2.75, 3.05) is 5.32 Å². The number of nitrogens with zero attached hydrogens (tertiary/aromatic N) is 1. The molecule has 0 saturated carbocycles. The highest BCUT2D eigenvalue weighted by Gasteiger charge is 2.24. The zero-order valence-electron chi connectivity index (χ0n) is 12.4. The van der Waals surface area contributed by atoms with E-state index in [1.807, 2.05) is 19.1 Å². The topological polar surface area (TPSA) is 96.9 Å². The molecule has 1 aliphatic heterocycles. The predicted molar refractivity (Wildman–Crippen MR) is 80.2 cm³/mol. The Labute approximate surface area is 127 Å². The van der Waals surface area contributed by atoms with Gasteiger partial charge < -0.3 is 10.1 Å². The highest BCUT2D eigenvalue weighted by Crippen LogP contribution is 2.10. The molecular weight excluding hydrogens is 286 g/mol. The average Bonchev–Trinajstić information content (AvgIpc) is 2.50. The fourth-order valence-electron chi connectivity index (χ4n) is 1.78. The standard InChI is InChI=1S/C15H17N3O4/c1-9-3-5-11(6-4-9)16-14(20)10(2)22-15(21)12-7-8-13(19)18-17-12/h3-6,10H,7-8H2,1-2H3,(H,16,20)(H,18,19)/t10-/m1/s1. The Morgan fingerprint density at radius 1 is 1.27 bits per heavy atom. The van der Waals surface area contributed by atoms with Gasteiger partial charge in [0.2, 0.25) is 5.91 Å². The van der Waals surface area contributed by atoms with Crippen molar-refractivity contribution in [1.82, 2.24) is 5.43 Å². The fourth-order valence-corrected chi connectivity index (χ4v) is 1.78. The van der Waals surface area contributed by atoms with Gasteiger partial charge in [0.25, 0.3) is 5.91 Å². The Bertz CT molecular complexity index is 622. The van der Waals surface area contributed by atoms with Crippen LogP contribution in [0.15, 0.2) is 29.4 Å². The molecule has 0 unspecified atom stereocenters. The van der Waals surface area contributed by atoms with Crippen LogP contribution in [0.4, 0.5) is 5.69 Å². The lowest BCUT2D eigenvalue weighted by Crippen LogP contribution is -2.35. The molecule has 0 aliphatic carbocycles. The summed E-state index contributed by atoms with van der Waals surface area (Å²) in [7, 11) is 0. The van der Waals surface area contributed by atoms with E-state index in [0.717, 1.165) is 5.56 Å². The van der Waals surface area contributed by atoms with Crippen molar-refractivity contribution in [1.29, 1.82) is 0 Å². The smallest absolute Gasteiger partial charge is 0.355 e. The number of hydrogen-bond donors (Lipinski definition) is 2. The van der Waals surface area contributed by atoms with E-state index in [2.05, 4.69) is 15.8 Å². The molecule has 116 valence electrons. The molecule has 1 heterocycles. The molecule has 1 aliphatic rings. The molecule has 2 N–H and O–H groups in total. The lowest BCUT2D eigenvalue weighted by atomic mass is 10.2. The Morgan fingerprint density at radius 2 is 1.95 bits per heavy atom. The van der Waals surface area contributed by atoms with Gasteiger partial charge in [-0.25, -0.2) is 10.2 Å². The maximum Gasteiger partial charge on any atom is 0.355 e. The number of carbonyl (C=O) groups excluding carboxylic acids is 3. The van der Waals surface area contributed by atoms with E-state index in [-0.39, 0.29) is 24.5 Å². The molecule has 0 saturated heterocycles. The zero-order chi connectivity index (χ0) is 16.1. The van der Waals surface area contributed by atoms with Crippen molar-refractivity contribution in [3.63, 3.8) is 0 Å². The van der Waals surface area contributed by atoms with Crippen molar-refractivity contribution < 1.29 is 19.1 Å². The van der Waals surface area contributed by atoms with Gasteiger partial charge in [-0.3, -0.25) is 9.59 Å². The molecule has 0 bridgehead atoms. The molecule has 0 fully saturated rings. The zero-order valence-corrected chi connectivity index (χ0v) is 12.4. The van der Waals surface area contributed by atoms with Crippen LogP contribution >= 0.6 is 0 Å². The van der Waals surface area contributed by atoms with Crippen molar-refractivity contribution >= 4 is 29.2 Å². The molecule has 7 heteroatoms. The normalized spacial score (nSPS) is 15.4. The number of anilines is 1. The van der Waals surface area contributed by atoms with E-state index in [4.69, 9.17) is 4.74 Å². The molecule has 2 rings (SSSR count). The summed E-state index contributed by atoms with van der Waals surface area (Å²) in [6, 6.07) is 7.27. The van der Waals surface area contributed by atoms with Gasteiger partial charge in [-0.15, -0.1) is 0 Å². The van der Waals surface area contributed by atoms with Crippen molar-refractivity contribution in [2.45, 2.75) is 32.8 Å². The van der Waals surface area contributed by atoms with E-state index in [9.17, 15) is 14.4 Å². The van der Waals surface area contributed by atoms with Crippen molar-refractivity contribution in [3.05, 3.63) is 29.8 Å². The Balaban J connectivity index is 1.89. The minimum absolute atomic E-state index is 0.106. The molecule has 0 spiro atoms. The maximum absolute atomic E-state index is 12.0. The Hall–Kier alpha value is -2.70. The van der Waals surface area contributed by atoms with Crippen LogP contribution in [0.1, 0.15) is 25.3 Å². The van der Waals surface area contributed by atoms with Crippen molar-refractivity contribution in [3.8, 4) is 0 Å². The van der Waals surface area contributed by atoms with Crippen LogP contribution < -0.4 is 10.7 Å². The number of hydrogen-bond acceptors (Lipinski definition) is 5. The van der Waals surface area contributed by atoms with Gasteiger partial charge in [-0.2, -0.15) is 5.10 Å². The minimum Gasteiger partial charge on any atom is -0.448 e. The molecule has 22 heavy (non-hydrogen) atoms. The van der Waals surface area contributed by atoms with Crippen LogP contribution in [-0.2, 0) is 19.1 Å². The SMILES string of the molecule is Cc1ccc(NC(=O)[C@@H](C)OC(=O)C2=NNC(=O)CC2)cc1. The van der Waals surface area contributed by atoms with E-state index >= 15 is 0 Å². The molecule has 7 nitrogen and oxygen atoms in total. The van der Waals surface area contributed by atoms with Gasteiger partial charge in [0.05, 0.1) is 0 Å². The maximum atomic E-state index is 12.0. The van der Waals surface area contributed by atoms with Crippen molar-refractivity contribution in [2.24, 2.45) is 5.10 Å². The molecule has 0 radical (unpaired) electrons. The monoisotopic (exact) mass is 303 g/mol. The van der Waals surface area contributed by atoms with Crippen LogP contribution in [-0.4, -0.2) is 29.6 Å². The third-order valence-electron chi connectivity index (χ3n) is 3.11. The largest absolute Gasteiger partial charge is 0.448 e. The lowest BCUT2D eigenvalue weighted by molar-refractivity contribution is -0.146. The molecule has 1 atom stereocenters. The molecule has 1 aromatic rings. The summed E-state index contributed by atoms with van der Waals surface area (Å²) in [6.45, 7) is 3.42. The average molecular weight is 303 g/mol. The number of amides is 2. The number of carbonyl (C=O) groups is 3. The number of hydrazone groups is 1. The third-order valence-corrected chi connectivity index (χ3v) is 3.11. The lowest BCUT2D eigenvalue weighted by Gasteiger charge is -2.16. The first kappa shape index (κ1) is 15.7. The molecule has 1 aromatic carbocycles. The Morgan fingerprint density at radius 3 is 2.55 bits per heavy atom. The van der Waals surface area contributed by atoms with Crippen LogP contribution in [0.25, 0.3) is 0 Å². The van der Waals surface area contributed by atoms with Gasteiger partial charge in [-0.1, -0.05) is 17.7 Å². The summed E-state index contributed by atoms with van der Waals surface area (Å²) in [4.78, 5) is 34.8. The number of aryl methyl sites for hydroxylation is 1. The first-order valence-corrected chi connectivity index (χ1v) is 6.89. The van der Waals surface area contributed by atoms with Crippen LogP contribution in [0, 0.1) is 6.92 Å². The summed E-state index contributed by atoms with van der Waals surface area (Å²) in [5.41, 5.74) is 4.02. The van der Waals surface area contributed by atoms with Gasteiger partial charge in [-0.05, 0) is 26.0 Å². The predicted octanol–water partition coefficient (Wildman–Crippen LogP) is 1.13.